The summed E-state index contributed by atoms with van der Waals surface area (Å²) in [4.78, 5) is 2.36. The van der Waals surface area contributed by atoms with Crippen molar-refractivity contribution in [1.29, 1.82) is 0 Å². The van der Waals surface area contributed by atoms with Gasteiger partial charge in [0.25, 0.3) is 0 Å². The van der Waals surface area contributed by atoms with Gasteiger partial charge in [-0.15, -0.1) is 0 Å². The lowest BCUT2D eigenvalue weighted by molar-refractivity contribution is 0.0786. The fraction of sp³-hybridized carbons (Fsp3) is 0.700. The van der Waals surface area contributed by atoms with Gasteiger partial charge in [0.1, 0.15) is 0 Å². The van der Waals surface area contributed by atoms with Crippen LogP contribution in [0.1, 0.15) is 11.3 Å². The van der Waals surface area contributed by atoms with Crippen LogP contribution in [0, 0.1) is 0 Å². The smallest absolute Gasteiger partial charge is 0.0537 e. The first-order chi connectivity index (χ1) is 6.71. The molecule has 1 aromatic rings. The van der Waals surface area contributed by atoms with Crippen molar-refractivity contribution in [2.75, 3.05) is 26.7 Å². The fourth-order valence-corrected chi connectivity index (χ4v) is 3.06. The summed E-state index contributed by atoms with van der Waals surface area (Å²) in [5.74, 6) is 0. The topological polar surface area (TPSA) is 33.1 Å². The number of rotatable bonds is 0. The highest BCUT2D eigenvalue weighted by molar-refractivity contribution is 5.34. The third-order valence-electron chi connectivity index (χ3n) is 3.44. The first-order valence-electron chi connectivity index (χ1n) is 5.12. The Kier molecular flexibility index (Phi) is 1.56. The van der Waals surface area contributed by atoms with E-state index in [1.165, 1.54) is 11.3 Å². The number of aromatic nitrogens is 2. The van der Waals surface area contributed by atoms with E-state index in [0.29, 0.717) is 5.41 Å². The summed E-state index contributed by atoms with van der Waals surface area (Å²) in [5, 5.41) is 7.85. The van der Waals surface area contributed by atoms with Gasteiger partial charge in [-0.05, 0) is 7.05 Å². The molecule has 3 heterocycles. The van der Waals surface area contributed by atoms with Crippen LogP contribution < -0.4 is 5.32 Å². The summed E-state index contributed by atoms with van der Waals surface area (Å²) in [6.45, 7) is 4.40. The molecule has 3 rings (SSSR count). The maximum Gasteiger partial charge on any atom is 0.0537 e. The Morgan fingerprint density at radius 3 is 2.93 bits per heavy atom. The number of nitrogens with one attached hydrogen (secondary N) is 1. The summed E-state index contributed by atoms with van der Waals surface area (Å²) >= 11 is 0. The van der Waals surface area contributed by atoms with Crippen LogP contribution in [-0.2, 0) is 19.0 Å². The van der Waals surface area contributed by atoms with Gasteiger partial charge in [0.2, 0.25) is 0 Å². The zero-order valence-electron chi connectivity index (χ0n) is 8.75. The highest BCUT2D eigenvalue weighted by Crippen LogP contribution is 2.36. The Hall–Kier alpha value is -0.870. The largest absolute Gasteiger partial charge is 0.312 e. The molecular weight excluding hydrogens is 176 g/mol. The van der Waals surface area contributed by atoms with Crippen LogP contribution in [0.3, 0.4) is 0 Å². The van der Waals surface area contributed by atoms with E-state index in [2.05, 4.69) is 34.1 Å². The second kappa shape index (κ2) is 2.58. The molecule has 0 aliphatic carbocycles. The molecular formula is C10H16N4. The zero-order valence-corrected chi connectivity index (χ0v) is 8.75. The molecule has 76 valence electrons. The molecule has 0 bridgehead atoms. The molecule has 1 N–H and O–H groups in total. The number of nitrogens with zero attached hydrogens (tertiary/aromatic N) is 3. The summed E-state index contributed by atoms with van der Waals surface area (Å²) in [6, 6.07) is 0. The van der Waals surface area contributed by atoms with Crippen molar-refractivity contribution >= 4 is 0 Å². The molecule has 0 saturated carbocycles. The molecule has 0 radical (unpaired) electrons. The van der Waals surface area contributed by atoms with E-state index in [-0.39, 0.29) is 0 Å². The van der Waals surface area contributed by atoms with E-state index in [4.69, 9.17) is 0 Å². The van der Waals surface area contributed by atoms with E-state index in [9.17, 15) is 0 Å². The number of hydrogen-bond acceptors (Lipinski definition) is 3. The van der Waals surface area contributed by atoms with E-state index < -0.39 is 0 Å². The molecule has 1 spiro atoms. The van der Waals surface area contributed by atoms with Crippen molar-refractivity contribution in [1.82, 2.24) is 20.0 Å². The predicted octanol–water partition coefficient (Wildman–Crippen LogP) is -0.294. The Balaban J connectivity index is 2.06. The minimum absolute atomic E-state index is 0.341. The van der Waals surface area contributed by atoms with Crippen LogP contribution in [0.25, 0.3) is 0 Å². The van der Waals surface area contributed by atoms with Gasteiger partial charge in [0, 0.05) is 38.8 Å². The van der Waals surface area contributed by atoms with Crippen molar-refractivity contribution < 1.29 is 0 Å². The number of hydrogen-bond donors (Lipinski definition) is 1. The molecule has 2 aliphatic rings. The maximum atomic E-state index is 4.36. The third-order valence-corrected chi connectivity index (χ3v) is 3.44. The van der Waals surface area contributed by atoms with Crippen LogP contribution in [-0.4, -0.2) is 41.4 Å². The normalized spacial score (nSPS) is 24.7. The Bertz CT molecular complexity index is 362. The Labute approximate surface area is 83.9 Å². The third kappa shape index (κ3) is 0.925. The van der Waals surface area contributed by atoms with E-state index in [1.54, 1.807) is 0 Å². The van der Waals surface area contributed by atoms with E-state index in [0.717, 1.165) is 26.2 Å². The second-order valence-corrected chi connectivity index (χ2v) is 4.70. The van der Waals surface area contributed by atoms with Crippen LogP contribution in [0.2, 0.25) is 0 Å². The van der Waals surface area contributed by atoms with Crippen LogP contribution in [0.4, 0.5) is 0 Å². The van der Waals surface area contributed by atoms with Crippen molar-refractivity contribution in [3.05, 3.63) is 17.5 Å². The molecule has 4 nitrogen and oxygen atoms in total. The van der Waals surface area contributed by atoms with E-state index in [1.807, 2.05) is 6.20 Å². The maximum absolute atomic E-state index is 4.36. The van der Waals surface area contributed by atoms with Gasteiger partial charge in [-0.2, -0.15) is 5.10 Å². The average molecular weight is 192 g/mol. The SMILES string of the molecule is CN1CC2(CNCc3cnn(C)c32)C1. The minimum Gasteiger partial charge on any atom is -0.312 e. The van der Waals surface area contributed by atoms with Gasteiger partial charge in [-0.1, -0.05) is 0 Å². The molecule has 1 aromatic heterocycles. The monoisotopic (exact) mass is 192 g/mol. The zero-order chi connectivity index (χ0) is 9.76. The summed E-state index contributed by atoms with van der Waals surface area (Å²) in [7, 11) is 4.24. The predicted molar refractivity (Wildman–Crippen MR) is 54.1 cm³/mol. The highest BCUT2D eigenvalue weighted by atomic mass is 15.3. The molecule has 1 fully saturated rings. The average Bonchev–Trinajstić information content (AvgIpc) is 2.47. The quantitative estimate of drug-likeness (QED) is 0.613. The number of likely N-dealkylation sites (tertiary alicyclic amines) is 1. The van der Waals surface area contributed by atoms with Crippen molar-refractivity contribution in [2.45, 2.75) is 12.0 Å². The van der Waals surface area contributed by atoms with Gasteiger partial charge >= 0.3 is 0 Å². The van der Waals surface area contributed by atoms with Gasteiger partial charge in [-0.3, -0.25) is 4.68 Å². The summed E-state index contributed by atoms with van der Waals surface area (Å²) in [5.41, 5.74) is 3.18. The number of aryl methyl sites for hydroxylation is 1. The molecule has 14 heavy (non-hydrogen) atoms. The molecule has 1 saturated heterocycles. The van der Waals surface area contributed by atoms with Crippen LogP contribution in [0.15, 0.2) is 6.20 Å². The summed E-state index contributed by atoms with van der Waals surface area (Å²) in [6.07, 6.45) is 2.00. The first kappa shape index (κ1) is 8.44. The molecule has 0 amide bonds. The molecule has 0 aromatic carbocycles. The van der Waals surface area contributed by atoms with Gasteiger partial charge in [-0.25, -0.2) is 0 Å². The lowest BCUT2D eigenvalue weighted by Crippen LogP contribution is -2.64. The fourth-order valence-electron chi connectivity index (χ4n) is 3.06. The second-order valence-electron chi connectivity index (χ2n) is 4.70. The van der Waals surface area contributed by atoms with Crippen LogP contribution >= 0.6 is 0 Å². The van der Waals surface area contributed by atoms with Crippen molar-refractivity contribution in [3.8, 4) is 0 Å². The van der Waals surface area contributed by atoms with Crippen molar-refractivity contribution in [2.24, 2.45) is 7.05 Å². The standard InChI is InChI=1S/C10H16N4/c1-13-6-10(7-13)5-11-3-8-4-12-14(2)9(8)10/h4,11H,3,5-7H2,1-2H3. The van der Waals surface area contributed by atoms with E-state index >= 15 is 0 Å². The summed E-state index contributed by atoms with van der Waals surface area (Å²) < 4.78 is 2.06. The molecule has 0 atom stereocenters. The number of fused-ring (bicyclic) bond motifs is 2. The molecule has 4 heteroatoms. The Morgan fingerprint density at radius 2 is 2.21 bits per heavy atom. The van der Waals surface area contributed by atoms with Crippen molar-refractivity contribution in [3.63, 3.8) is 0 Å². The van der Waals surface area contributed by atoms with Gasteiger partial charge in [0.05, 0.1) is 17.3 Å². The first-order valence-corrected chi connectivity index (χ1v) is 5.12. The number of likely N-dealkylation sites (N-methyl/N-ethyl adjacent to an activating group) is 1. The molecule has 2 aliphatic heterocycles. The Morgan fingerprint density at radius 1 is 1.43 bits per heavy atom. The molecule has 0 unspecified atom stereocenters. The highest BCUT2D eigenvalue weighted by Gasteiger charge is 2.47. The lowest BCUT2D eigenvalue weighted by Gasteiger charge is -2.51. The minimum atomic E-state index is 0.341. The lowest BCUT2D eigenvalue weighted by atomic mass is 9.73. The van der Waals surface area contributed by atoms with Crippen LogP contribution in [0.5, 0.6) is 0 Å². The van der Waals surface area contributed by atoms with Gasteiger partial charge < -0.3 is 10.2 Å². The van der Waals surface area contributed by atoms with Gasteiger partial charge in [0.15, 0.2) is 0 Å².